The van der Waals surface area contributed by atoms with Crippen LogP contribution in [0.2, 0.25) is 0 Å². The summed E-state index contributed by atoms with van der Waals surface area (Å²) >= 11 is 1.54. The van der Waals surface area contributed by atoms with Crippen LogP contribution in [-0.2, 0) is 0 Å². The van der Waals surface area contributed by atoms with Crippen LogP contribution in [0.15, 0.2) is 48.5 Å². The van der Waals surface area contributed by atoms with Crippen LogP contribution in [0, 0.1) is 0 Å². The molecule has 0 radical (unpaired) electrons. The number of benzene rings is 2. The zero-order valence-electron chi connectivity index (χ0n) is 17.1. The molecule has 29 heavy (non-hydrogen) atoms. The summed E-state index contributed by atoms with van der Waals surface area (Å²) in [5.41, 5.74) is 1.88. The molecule has 0 spiro atoms. The molecule has 7 heteroatoms. The summed E-state index contributed by atoms with van der Waals surface area (Å²) in [5, 5.41) is 26.7. The Hall–Kier alpha value is -2.09. The fourth-order valence-corrected chi connectivity index (χ4v) is 3.52. The van der Waals surface area contributed by atoms with Gasteiger partial charge in [0.1, 0.15) is 11.5 Å². The van der Waals surface area contributed by atoms with Crippen molar-refractivity contribution in [2.24, 2.45) is 0 Å². The monoisotopic (exact) mass is 420 g/mol. The van der Waals surface area contributed by atoms with Crippen molar-refractivity contribution in [1.29, 1.82) is 0 Å². The second kappa shape index (κ2) is 13.2. The predicted octanol–water partition coefficient (Wildman–Crippen LogP) is 3.46. The molecule has 0 heterocycles. The van der Waals surface area contributed by atoms with Crippen molar-refractivity contribution in [2.45, 2.75) is 26.1 Å². The van der Waals surface area contributed by atoms with Gasteiger partial charge >= 0.3 is 0 Å². The first kappa shape index (κ1) is 23.2. The number of anilines is 2. The van der Waals surface area contributed by atoms with Gasteiger partial charge in [-0.1, -0.05) is 0 Å². The molecule has 0 saturated carbocycles. The Labute approximate surface area is 177 Å². The van der Waals surface area contributed by atoms with Crippen LogP contribution in [0.3, 0.4) is 0 Å². The Morgan fingerprint density at radius 3 is 1.45 bits per heavy atom. The molecule has 2 aromatic rings. The van der Waals surface area contributed by atoms with Crippen molar-refractivity contribution in [1.82, 2.24) is 0 Å². The number of thioether (sulfide) groups is 1. The normalized spacial score (nSPS) is 12.8. The molecule has 2 rings (SSSR count). The minimum absolute atomic E-state index is 0.460. The minimum atomic E-state index is -0.488. The fourth-order valence-electron chi connectivity index (χ4n) is 2.60. The molecule has 2 atom stereocenters. The van der Waals surface area contributed by atoms with Crippen molar-refractivity contribution in [3.8, 4) is 11.5 Å². The average Bonchev–Trinajstić information content (AvgIpc) is 2.73. The van der Waals surface area contributed by atoms with E-state index in [-0.39, 0.29) is 0 Å². The minimum Gasteiger partial charge on any atom is -0.494 e. The molecule has 4 N–H and O–H groups in total. The van der Waals surface area contributed by atoms with Crippen LogP contribution < -0.4 is 20.1 Å². The van der Waals surface area contributed by atoms with Gasteiger partial charge in [-0.2, -0.15) is 11.8 Å². The third-order valence-corrected chi connectivity index (χ3v) is 5.28. The van der Waals surface area contributed by atoms with Gasteiger partial charge in [-0.25, -0.2) is 0 Å². The largest absolute Gasteiger partial charge is 0.494 e. The molecule has 0 fully saturated rings. The molecule has 0 aliphatic rings. The van der Waals surface area contributed by atoms with Crippen molar-refractivity contribution >= 4 is 23.1 Å². The number of ether oxygens (including phenoxy) is 2. The topological polar surface area (TPSA) is 83.0 Å². The molecular formula is C22H32N2O4S. The van der Waals surface area contributed by atoms with E-state index in [1.807, 2.05) is 62.4 Å². The maximum absolute atomic E-state index is 10.1. The summed E-state index contributed by atoms with van der Waals surface area (Å²) in [6.07, 6.45) is -0.976. The highest BCUT2D eigenvalue weighted by Gasteiger charge is 2.08. The van der Waals surface area contributed by atoms with Crippen molar-refractivity contribution in [3.63, 3.8) is 0 Å². The van der Waals surface area contributed by atoms with Crippen molar-refractivity contribution < 1.29 is 19.7 Å². The molecule has 0 saturated heterocycles. The summed E-state index contributed by atoms with van der Waals surface area (Å²) in [7, 11) is 0. The van der Waals surface area contributed by atoms with E-state index in [2.05, 4.69) is 10.6 Å². The maximum Gasteiger partial charge on any atom is 0.119 e. The fraction of sp³-hybridized carbons (Fsp3) is 0.455. The van der Waals surface area contributed by atoms with Gasteiger partial charge in [-0.15, -0.1) is 0 Å². The Kier molecular flexibility index (Phi) is 10.5. The molecule has 0 unspecified atom stereocenters. The van der Waals surface area contributed by atoms with E-state index in [4.69, 9.17) is 9.47 Å². The van der Waals surface area contributed by atoms with Gasteiger partial charge in [0.05, 0.1) is 25.4 Å². The van der Waals surface area contributed by atoms with Crippen LogP contribution in [0.1, 0.15) is 13.8 Å². The zero-order valence-corrected chi connectivity index (χ0v) is 18.0. The van der Waals surface area contributed by atoms with E-state index >= 15 is 0 Å². The lowest BCUT2D eigenvalue weighted by Gasteiger charge is -2.16. The Morgan fingerprint density at radius 1 is 0.724 bits per heavy atom. The molecule has 0 aliphatic heterocycles. The number of nitrogens with one attached hydrogen (secondary N) is 2. The van der Waals surface area contributed by atoms with E-state index in [9.17, 15) is 10.2 Å². The van der Waals surface area contributed by atoms with E-state index in [1.54, 1.807) is 0 Å². The van der Waals surface area contributed by atoms with Crippen LogP contribution in [-0.4, -0.2) is 60.2 Å². The van der Waals surface area contributed by atoms with Gasteiger partial charge in [-0.3, -0.25) is 0 Å². The first-order valence-corrected chi connectivity index (χ1v) is 11.1. The second-order valence-electron chi connectivity index (χ2n) is 6.52. The molecule has 2 aromatic carbocycles. The molecule has 6 nitrogen and oxygen atoms in total. The summed E-state index contributed by atoms with van der Waals surface area (Å²) in [5.74, 6) is 2.79. The van der Waals surface area contributed by atoms with Gasteiger partial charge < -0.3 is 30.3 Å². The summed E-state index contributed by atoms with van der Waals surface area (Å²) in [6.45, 7) is 6.11. The number of hydrogen-bond acceptors (Lipinski definition) is 7. The third kappa shape index (κ3) is 9.30. The first-order valence-electron chi connectivity index (χ1n) is 9.98. The lowest BCUT2D eigenvalue weighted by molar-refractivity contribution is 0.207. The third-order valence-electron chi connectivity index (χ3n) is 4.03. The highest BCUT2D eigenvalue weighted by molar-refractivity contribution is 7.99. The maximum atomic E-state index is 10.1. The van der Waals surface area contributed by atoms with E-state index in [1.165, 1.54) is 11.8 Å². The van der Waals surface area contributed by atoms with Crippen LogP contribution >= 0.6 is 11.8 Å². The molecule has 0 amide bonds. The zero-order chi connectivity index (χ0) is 20.9. The van der Waals surface area contributed by atoms with Crippen LogP contribution in [0.4, 0.5) is 11.4 Å². The van der Waals surface area contributed by atoms with Gasteiger partial charge in [0.15, 0.2) is 0 Å². The summed E-state index contributed by atoms with van der Waals surface area (Å²) in [6, 6.07) is 15.3. The number of aliphatic hydroxyl groups excluding tert-OH is 2. The van der Waals surface area contributed by atoms with Gasteiger partial charge in [-0.05, 0) is 62.4 Å². The number of aliphatic hydroxyl groups is 2. The van der Waals surface area contributed by atoms with Gasteiger partial charge in [0, 0.05) is 36.0 Å². The lowest BCUT2D eigenvalue weighted by Crippen LogP contribution is -2.25. The summed E-state index contributed by atoms with van der Waals surface area (Å²) in [4.78, 5) is 0. The molecule has 0 bridgehead atoms. The smallest absolute Gasteiger partial charge is 0.119 e. The lowest BCUT2D eigenvalue weighted by atomic mass is 10.3. The van der Waals surface area contributed by atoms with Gasteiger partial charge in [0.25, 0.3) is 0 Å². The Morgan fingerprint density at radius 2 is 1.10 bits per heavy atom. The number of hydrogen-bond donors (Lipinski definition) is 4. The quantitative estimate of drug-likeness (QED) is 0.372. The Balaban J connectivity index is 1.58. The van der Waals surface area contributed by atoms with Crippen molar-refractivity contribution in [3.05, 3.63) is 48.5 Å². The van der Waals surface area contributed by atoms with E-state index in [0.717, 1.165) is 22.9 Å². The average molecular weight is 421 g/mol. The number of rotatable bonds is 14. The Bertz CT molecular complexity index is 623. The SMILES string of the molecule is CCOc1ccc(NC[C@@H](O)CSC[C@@H](O)CNc2ccc(OCC)cc2)cc1. The standard InChI is InChI=1S/C22H32N2O4S/c1-3-27-21-9-5-17(6-10-21)23-13-19(25)15-29-16-20(26)14-24-18-7-11-22(12-8-18)28-4-2/h5-12,19-20,23-26H,3-4,13-16H2,1-2H3/t19-,20+. The van der Waals surface area contributed by atoms with E-state index in [0.29, 0.717) is 37.8 Å². The predicted molar refractivity (Wildman–Crippen MR) is 122 cm³/mol. The van der Waals surface area contributed by atoms with Crippen LogP contribution in [0.25, 0.3) is 0 Å². The molecular weight excluding hydrogens is 388 g/mol. The highest BCUT2D eigenvalue weighted by atomic mass is 32.2. The molecule has 0 aliphatic carbocycles. The molecule has 160 valence electrons. The first-order chi connectivity index (χ1) is 14.1. The highest BCUT2D eigenvalue weighted by Crippen LogP contribution is 2.17. The van der Waals surface area contributed by atoms with Gasteiger partial charge in [0.2, 0.25) is 0 Å². The second-order valence-corrected chi connectivity index (χ2v) is 7.60. The summed E-state index contributed by atoms with van der Waals surface area (Å²) < 4.78 is 10.8. The van der Waals surface area contributed by atoms with Crippen molar-refractivity contribution in [2.75, 3.05) is 48.4 Å². The molecule has 0 aromatic heterocycles. The van der Waals surface area contributed by atoms with E-state index < -0.39 is 12.2 Å². The van der Waals surface area contributed by atoms with Crippen LogP contribution in [0.5, 0.6) is 11.5 Å².